The highest BCUT2D eigenvalue weighted by Crippen LogP contribution is 2.08. The third-order valence-corrected chi connectivity index (χ3v) is 3.51. The first-order valence-corrected chi connectivity index (χ1v) is 9.34. The maximum Gasteiger partial charge on any atom is 0.351 e. The van der Waals surface area contributed by atoms with Gasteiger partial charge in [0.2, 0.25) is 0 Å². The number of quaternary nitrogens is 1. The number of unbranched alkanes of at least 4 members (excludes halogenated alkanes) is 7. The van der Waals surface area contributed by atoms with Crippen LogP contribution in [-0.2, 0) is 14.3 Å². The lowest BCUT2D eigenvalue weighted by Gasteiger charge is -2.11. The van der Waals surface area contributed by atoms with Gasteiger partial charge in [0, 0.05) is 6.61 Å². The van der Waals surface area contributed by atoms with Crippen LogP contribution in [0.15, 0.2) is 0 Å². The third kappa shape index (κ3) is 25.2. The first kappa shape index (κ1) is 26.1. The first-order valence-electron chi connectivity index (χ1n) is 9.34. The van der Waals surface area contributed by atoms with Crippen LogP contribution in [0.4, 0.5) is 0 Å². The Bertz CT molecular complexity index is 311. The van der Waals surface area contributed by atoms with E-state index in [9.17, 15) is 5.11 Å². The van der Waals surface area contributed by atoms with E-state index in [1.807, 2.05) is 0 Å². The van der Waals surface area contributed by atoms with Gasteiger partial charge >= 0.3 is 5.97 Å². The molecule has 0 aromatic carbocycles. The van der Waals surface area contributed by atoms with Crippen LogP contribution in [0.3, 0.4) is 0 Å². The number of carbonyl (C=O) groups is 2. The number of rotatable bonds is 14. The normalized spacial score (nSPS) is 11.7. The molecule has 0 saturated heterocycles. The molecule has 0 aliphatic heterocycles. The zero-order valence-electron chi connectivity index (χ0n) is 16.0. The van der Waals surface area contributed by atoms with Crippen molar-refractivity contribution in [3.63, 3.8) is 0 Å². The number of ether oxygens (including phenoxy) is 1. The lowest BCUT2D eigenvalue weighted by Crippen LogP contribution is -2.90. The quantitative estimate of drug-likeness (QED) is 0.301. The Hall–Kier alpha value is -1.18. The molecule has 0 bridgehead atoms. The summed E-state index contributed by atoms with van der Waals surface area (Å²) in [4.78, 5) is 18.0. The second-order valence-electron chi connectivity index (χ2n) is 6.51. The average Bonchev–Trinajstić information content (AvgIpc) is 2.55. The molecule has 7 heteroatoms. The minimum absolute atomic E-state index is 0.323. The fourth-order valence-corrected chi connectivity index (χ4v) is 2.05. The van der Waals surface area contributed by atoms with Gasteiger partial charge in [-0.2, -0.15) is 0 Å². The Morgan fingerprint density at radius 1 is 1.04 bits per heavy atom. The fraction of sp³-hybridized carbons (Fsp3) is 0.889. The summed E-state index contributed by atoms with van der Waals surface area (Å²) in [5, 5.41) is 28.1. The maximum absolute atomic E-state index is 9.66. The summed E-state index contributed by atoms with van der Waals surface area (Å²) in [6, 6.07) is 0.544. The molecule has 0 spiro atoms. The minimum atomic E-state index is -2.07. The van der Waals surface area contributed by atoms with Crippen LogP contribution in [0.5, 0.6) is 0 Å². The zero-order valence-corrected chi connectivity index (χ0v) is 16.0. The highest BCUT2D eigenvalue weighted by atomic mass is 16.5. The lowest BCUT2D eigenvalue weighted by molar-refractivity contribution is -0.688. The monoisotopic (exact) mass is 363 g/mol. The van der Waals surface area contributed by atoms with Crippen molar-refractivity contribution >= 4 is 11.9 Å². The van der Waals surface area contributed by atoms with Crippen LogP contribution in [0.1, 0.15) is 72.1 Å². The van der Waals surface area contributed by atoms with Crippen molar-refractivity contribution in [2.24, 2.45) is 0 Å². The second kappa shape index (κ2) is 19.1. The maximum atomic E-state index is 9.66. The number of carboxylic acids is 2. The van der Waals surface area contributed by atoms with Crippen LogP contribution < -0.4 is 10.4 Å². The highest BCUT2D eigenvalue weighted by Gasteiger charge is 2.07. The molecule has 0 saturated carbocycles. The molecule has 0 heterocycles. The highest BCUT2D eigenvalue weighted by molar-refractivity contribution is 6.26. The summed E-state index contributed by atoms with van der Waals surface area (Å²) in [5.74, 6) is -4.01. The predicted octanol–water partition coefficient (Wildman–Crippen LogP) is 0.297. The minimum Gasteiger partial charge on any atom is -0.539 e. The van der Waals surface area contributed by atoms with Gasteiger partial charge in [-0.05, 0) is 20.3 Å². The van der Waals surface area contributed by atoms with Crippen molar-refractivity contribution in [3.8, 4) is 0 Å². The SMILES string of the molecule is CCCCCCCCCCOCC(O)C[NH2+]C(C)C.O=C([O-])C(=O)O. The van der Waals surface area contributed by atoms with Gasteiger partial charge in [0.25, 0.3) is 0 Å². The Labute approximate surface area is 151 Å². The van der Waals surface area contributed by atoms with Crippen LogP contribution >= 0.6 is 0 Å². The van der Waals surface area contributed by atoms with Gasteiger partial charge in [0.05, 0.1) is 12.6 Å². The first-order chi connectivity index (χ1) is 11.8. The van der Waals surface area contributed by atoms with Crippen molar-refractivity contribution in [3.05, 3.63) is 0 Å². The van der Waals surface area contributed by atoms with E-state index in [0.717, 1.165) is 19.6 Å². The molecule has 25 heavy (non-hydrogen) atoms. The number of aliphatic hydroxyl groups excluding tert-OH is 1. The Morgan fingerprint density at radius 2 is 1.52 bits per heavy atom. The molecule has 7 nitrogen and oxygen atoms in total. The molecule has 0 amide bonds. The number of hydrogen-bond acceptors (Lipinski definition) is 5. The van der Waals surface area contributed by atoms with Gasteiger partial charge in [-0.3, -0.25) is 0 Å². The van der Waals surface area contributed by atoms with Gasteiger partial charge in [-0.15, -0.1) is 0 Å². The molecule has 150 valence electrons. The van der Waals surface area contributed by atoms with Gasteiger partial charge in [0.1, 0.15) is 12.6 Å². The molecule has 1 atom stereocenters. The molecular formula is C18H37NO6. The van der Waals surface area contributed by atoms with E-state index in [2.05, 4.69) is 26.1 Å². The van der Waals surface area contributed by atoms with Crippen molar-refractivity contribution in [2.75, 3.05) is 19.8 Å². The number of aliphatic hydroxyl groups is 1. The summed E-state index contributed by atoms with van der Waals surface area (Å²) in [5.41, 5.74) is 0. The lowest BCUT2D eigenvalue weighted by atomic mass is 10.1. The summed E-state index contributed by atoms with van der Waals surface area (Å²) >= 11 is 0. The van der Waals surface area contributed by atoms with Crippen LogP contribution in [0, 0.1) is 0 Å². The predicted molar refractivity (Wildman–Crippen MR) is 94.0 cm³/mol. The van der Waals surface area contributed by atoms with E-state index in [-0.39, 0.29) is 6.10 Å². The standard InChI is InChI=1S/C16H35NO2.C2H2O4/c1-4-5-6-7-8-9-10-11-12-19-14-16(18)13-17-15(2)3;3-1(4)2(5)6/h15-18H,4-14H2,1-3H3;(H,3,4)(H,5,6). The summed E-state index contributed by atoms with van der Waals surface area (Å²) in [6.07, 6.45) is 10.3. The van der Waals surface area contributed by atoms with Gasteiger partial charge in [-0.25, -0.2) is 4.79 Å². The number of hydrogen-bond donors (Lipinski definition) is 3. The van der Waals surface area contributed by atoms with E-state index in [1.165, 1.54) is 44.9 Å². The van der Waals surface area contributed by atoms with E-state index in [1.54, 1.807) is 0 Å². The molecule has 4 N–H and O–H groups in total. The molecule has 0 aromatic rings. The summed E-state index contributed by atoms with van der Waals surface area (Å²) in [6.45, 7) is 8.55. The third-order valence-electron chi connectivity index (χ3n) is 3.51. The number of carboxylic acid groups (broad SMARTS) is 2. The van der Waals surface area contributed by atoms with Gasteiger partial charge < -0.3 is 30.2 Å². The topological polar surface area (TPSA) is 124 Å². The molecular weight excluding hydrogens is 326 g/mol. The van der Waals surface area contributed by atoms with E-state index >= 15 is 0 Å². The van der Waals surface area contributed by atoms with Gasteiger partial charge in [0.15, 0.2) is 5.97 Å². The fourth-order valence-electron chi connectivity index (χ4n) is 2.05. The van der Waals surface area contributed by atoms with Crippen LogP contribution in [0.25, 0.3) is 0 Å². The van der Waals surface area contributed by atoms with E-state index < -0.39 is 11.9 Å². The van der Waals surface area contributed by atoms with E-state index in [4.69, 9.17) is 24.5 Å². The summed E-state index contributed by atoms with van der Waals surface area (Å²) in [7, 11) is 0. The van der Waals surface area contributed by atoms with Gasteiger partial charge in [-0.1, -0.05) is 51.9 Å². The van der Waals surface area contributed by atoms with Crippen LogP contribution in [-0.4, -0.2) is 54.1 Å². The van der Waals surface area contributed by atoms with E-state index in [0.29, 0.717) is 12.6 Å². The summed E-state index contributed by atoms with van der Waals surface area (Å²) < 4.78 is 5.50. The Balaban J connectivity index is 0. The van der Waals surface area contributed by atoms with Crippen molar-refractivity contribution < 1.29 is 35.0 Å². The van der Waals surface area contributed by atoms with Crippen molar-refractivity contribution in [1.82, 2.24) is 0 Å². The van der Waals surface area contributed by atoms with Crippen LogP contribution in [0.2, 0.25) is 0 Å². The largest absolute Gasteiger partial charge is 0.539 e. The smallest absolute Gasteiger partial charge is 0.351 e. The molecule has 0 aromatic heterocycles. The second-order valence-corrected chi connectivity index (χ2v) is 6.51. The number of aliphatic carboxylic acids is 2. The average molecular weight is 363 g/mol. The Kier molecular flexibility index (Phi) is 20.0. The van der Waals surface area contributed by atoms with Crippen molar-refractivity contribution in [2.45, 2.75) is 84.3 Å². The number of nitrogens with two attached hydrogens (primary N) is 1. The molecule has 0 fully saturated rings. The van der Waals surface area contributed by atoms with Crippen molar-refractivity contribution in [1.29, 1.82) is 0 Å². The molecule has 0 radical (unpaired) electrons. The number of carbonyl (C=O) groups excluding carboxylic acids is 1. The molecule has 1 unspecified atom stereocenters. The zero-order chi connectivity index (χ0) is 19.5. The molecule has 0 aliphatic carbocycles. The Morgan fingerprint density at radius 3 is 1.96 bits per heavy atom. The molecule has 0 rings (SSSR count). The molecule has 0 aliphatic rings.